The fraction of sp³-hybridized carbons (Fsp3) is 0.500. The maximum atomic E-state index is 13.1. The summed E-state index contributed by atoms with van der Waals surface area (Å²) in [4.78, 5) is 28.9. The van der Waals surface area contributed by atoms with E-state index in [0.717, 1.165) is 18.9 Å². The molecule has 0 radical (unpaired) electrons. The number of carbonyl (C=O) groups excluding carboxylic acids is 2. The third kappa shape index (κ3) is 2.50. The topological polar surface area (TPSA) is 62.3 Å². The quantitative estimate of drug-likeness (QED) is 0.778. The van der Waals surface area contributed by atoms with Crippen molar-refractivity contribution < 1.29 is 14.0 Å². The van der Waals surface area contributed by atoms with Crippen molar-refractivity contribution in [2.75, 3.05) is 13.1 Å². The summed E-state index contributed by atoms with van der Waals surface area (Å²) in [6.07, 6.45) is 3.39. The molecule has 5 nitrogen and oxygen atoms in total. The van der Waals surface area contributed by atoms with Crippen LogP contribution in [0.3, 0.4) is 0 Å². The minimum absolute atomic E-state index is 0.0993. The van der Waals surface area contributed by atoms with Gasteiger partial charge < -0.3 is 10.2 Å². The van der Waals surface area contributed by atoms with Gasteiger partial charge in [-0.05, 0) is 24.8 Å². The van der Waals surface area contributed by atoms with Gasteiger partial charge in [0.15, 0.2) is 0 Å². The van der Waals surface area contributed by atoms with Crippen LogP contribution in [0.5, 0.6) is 0 Å². The number of nitrogens with one attached hydrogen (secondary N) is 1. The van der Waals surface area contributed by atoms with Gasteiger partial charge in [0.2, 0.25) is 11.9 Å². The number of halogens is 1. The SMILES string of the molecule is O=C1CCC2CN(C(=O)c3ccnc(F)c3)CCC2N1. The third-order valence-corrected chi connectivity index (χ3v) is 4.08. The predicted molar refractivity (Wildman–Crippen MR) is 69.4 cm³/mol. The molecule has 2 aliphatic rings. The van der Waals surface area contributed by atoms with E-state index in [1.165, 1.54) is 12.3 Å². The number of rotatable bonds is 1. The molecule has 1 aromatic rings. The molecule has 2 amide bonds. The Bertz CT molecular complexity index is 549. The van der Waals surface area contributed by atoms with Crippen LogP contribution >= 0.6 is 0 Å². The maximum Gasteiger partial charge on any atom is 0.254 e. The van der Waals surface area contributed by atoms with Crippen molar-refractivity contribution in [2.24, 2.45) is 5.92 Å². The zero-order valence-corrected chi connectivity index (χ0v) is 11.0. The van der Waals surface area contributed by atoms with Gasteiger partial charge in [-0.2, -0.15) is 4.39 Å². The molecule has 0 aliphatic carbocycles. The van der Waals surface area contributed by atoms with E-state index in [9.17, 15) is 14.0 Å². The summed E-state index contributed by atoms with van der Waals surface area (Å²) in [6, 6.07) is 2.87. The van der Waals surface area contributed by atoms with E-state index < -0.39 is 5.95 Å². The number of carbonyl (C=O) groups is 2. The van der Waals surface area contributed by atoms with E-state index in [4.69, 9.17) is 0 Å². The summed E-state index contributed by atoms with van der Waals surface area (Å²) in [5.41, 5.74) is 0.329. The standard InChI is InChI=1S/C14H16FN3O2/c15-12-7-9(3-5-16-12)14(20)18-6-4-11-10(8-18)1-2-13(19)17-11/h3,5,7,10-11H,1-2,4,6,8H2,(H,17,19). The van der Waals surface area contributed by atoms with E-state index in [2.05, 4.69) is 10.3 Å². The first kappa shape index (κ1) is 13.0. The Labute approximate surface area is 116 Å². The van der Waals surface area contributed by atoms with Crippen LogP contribution in [0.25, 0.3) is 0 Å². The Hall–Kier alpha value is -1.98. The lowest BCUT2D eigenvalue weighted by atomic mass is 9.85. The maximum absolute atomic E-state index is 13.1. The van der Waals surface area contributed by atoms with E-state index in [0.29, 0.717) is 31.0 Å². The predicted octanol–water partition coefficient (Wildman–Crippen LogP) is 0.961. The second-order valence-corrected chi connectivity index (χ2v) is 5.38. The number of pyridine rings is 1. The molecule has 0 spiro atoms. The molecule has 1 N–H and O–H groups in total. The summed E-state index contributed by atoms with van der Waals surface area (Å²) in [7, 11) is 0. The van der Waals surface area contributed by atoms with Crippen molar-refractivity contribution in [3.8, 4) is 0 Å². The van der Waals surface area contributed by atoms with Gasteiger partial charge in [0.25, 0.3) is 5.91 Å². The normalized spacial score (nSPS) is 25.9. The van der Waals surface area contributed by atoms with E-state index >= 15 is 0 Å². The fourth-order valence-electron chi connectivity index (χ4n) is 3.01. The van der Waals surface area contributed by atoms with Gasteiger partial charge in [0, 0.05) is 43.4 Å². The molecule has 6 heteroatoms. The van der Waals surface area contributed by atoms with Crippen LogP contribution in [0.2, 0.25) is 0 Å². The Morgan fingerprint density at radius 3 is 3.10 bits per heavy atom. The smallest absolute Gasteiger partial charge is 0.254 e. The molecule has 1 aromatic heterocycles. The number of likely N-dealkylation sites (tertiary alicyclic amines) is 1. The van der Waals surface area contributed by atoms with E-state index in [1.807, 2.05) is 0 Å². The number of piperidine rings is 2. The Balaban J connectivity index is 1.70. The lowest BCUT2D eigenvalue weighted by Crippen LogP contribution is -2.55. The van der Waals surface area contributed by atoms with Gasteiger partial charge >= 0.3 is 0 Å². The molecule has 2 saturated heterocycles. The number of amides is 2. The van der Waals surface area contributed by atoms with Gasteiger partial charge in [-0.1, -0.05) is 0 Å². The van der Waals surface area contributed by atoms with Crippen LogP contribution in [0.1, 0.15) is 29.6 Å². The zero-order valence-electron chi connectivity index (χ0n) is 11.0. The molecule has 0 bridgehead atoms. The molecule has 3 rings (SSSR count). The third-order valence-electron chi connectivity index (χ3n) is 4.08. The monoisotopic (exact) mass is 277 g/mol. The van der Waals surface area contributed by atoms with Crippen molar-refractivity contribution >= 4 is 11.8 Å². The van der Waals surface area contributed by atoms with Crippen LogP contribution in [0.4, 0.5) is 4.39 Å². The second-order valence-electron chi connectivity index (χ2n) is 5.38. The summed E-state index contributed by atoms with van der Waals surface area (Å²) in [5.74, 6) is -0.406. The zero-order chi connectivity index (χ0) is 14.1. The van der Waals surface area contributed by atoms with Crippen LogP contribution in [0, 0.1) is 11.9 Å². The van der Waals surface area contributed by atoms with Crippen LogP contribution < -0.4 is 5.32 Å². The highest BCUT2D eigenvalue weighted by Gasteiger charge is 2.35. The van der Waals surface area contributed by atoms with Crippen LogP contribution in [-0.2, 0) is 4.79 Å². The Kier molecular flexibility index (Phi) is 3.38. The molecule has 0 saturated carbocycles. The number of fused-ring (bicyclic) bond motifs is 1. The first-order chi connectivity index (χ1) is 9.63. The average Bonchev–Trinajstić information content (AvgIpc) is 2.46. The van der Waals surface area contributed by atoms with Crippen molar-refractivity contribution in [2.45, 2.75) is 25.3 Å². The van der Waals surface area contributed by atoms with Crippen molar-refractivity contribution in [1.82, 2.24) is 15.2 Å². The molecule has 106 valence electrons. The number of hydrogen-bond donors (Lipinski definition) is 1. The summed E-state index contributed by atoms with van der Waals surface area (Å²) in [5, 5.41) is 2.98. The van der Waals surface area contributed by atoms with Crippen molar-refractivity contribution in [1.29, 1.82) is 0 Å². The number of hydrogen-bond acceptors (Lipinski definition) is 3. The number of aromatic nitrogens is 1. The molecule has 2 aliphatic heterocycles. The molecule has 2 atom stereocenters. The van der Waals surface area contributed by atoms with Crippen LogP contribution in [-0.4, -0.2) is 40.8 Å². The number of nitrogens with zero attached hydrogens (tertiary/aromatic N) is 2. The molecule has 20 heavy (non-hydrogen) atoms. The molecule has 2 unspecified atom stereocenters. The minimum atomic E-state index is -0.643. The van der Waals surface area contributed by atoms with Crippen molar-refractivity contribution in [3.05, 3.63) is 29.8 Å². The Morgan fingerprint density at radius 2 is 2.30 bits per heavy atom. The highest BCUT2D eigenvalue weighted by atomic mass is 19.1. The summed E-state index contributed by atoms with van der Waals surface area (Å²) < 4.78 is 13.1. The highest BCUT2D eigenvalue weighted by molar-refractivity contribution is 5.94. The summed E-state index contributed by atoms with van der Waals surface area (Å²) >= 11 is 0. The molecular weight excluding hydrogens is 261 g/mol. The lowest BCUT2D eigenvalue weighted by Gasteiger charge is -2.41. The minimum Gasteiger partial charge on any atom is -0.353 e. The summed E-state index contributed by atoms with van der Waals surface area (Å²) in [6.45, 7) is 1.21. The second kappa shape index (κ2) is 5.19. The first-order valence-electron chi connectivity index (χ1n) is 6.83. The molecule has 2 fully saturated rings. The lowest BCUT2D eigenvalue weighted by molar-refractivity contribution is -0.125. The first-order valence-corrected chi connectivity index (χ1v) is 6.83. The van der Waals surface area contributed by atoms with Crippen molar-refractivity contribution in [3.63, 3.8) is 0 Å². The van der Waals surface area contributed by atoms with E-state index in [-0.39, 0.29) is 17.9 Å². The molecule has 3 heterocycles. The van der Waals surface area contributed by atoms with Gasteiger partial charge in [0.1, 0.15) is 0 Å². The molecular formula is C14H16FN3O2. The van der Waals surface area contributed by atoms with Gasteiger partial charge in [-0.25, -0.2) is 4.98 Å². The fourth-order valence-corrected chi connectivity index (χ4v) is 3.01. The Morgan fingerprint density at radius 1 is 1.45 bits per heavy atom. The highest BCUT2D eigenvalue weighted by Crippen LogP contribution is 2.26. The van der Waals surface area contributed by atoms with Gasteiger partial charge in [0.05, 0.1) is 0 Å². The largest absolute Gasteiger partial charge is 0.353 e. The van der Waals surface area contributed by atoms with Gasteiger partial charge in [-0.3, -0.25) is 9.59 Å². The van der Waals surface area contributed by atoms with Gasteiger partial charge in [-0.15, -0.1) is 0 Å². The molecule has 0 aromatic carbocycles. The van der Waals surface area contributed by atoms with Crippen LogP contribution in [0.15, 0.2) is 18.3 Å². The van der Waals surface area contributed by atoms with E-state index in [1.54, 1.807) is 4.90 Å². The average molecular weight is 277 g/mol.